The molecule has 0 saturated heterocycles. The van der Waals surface area contributed by atoms with Gasteiger partial charge < -0.3 is 16.4 Å². The predicted octanol–water partition coefficient (Wildman–Crippen LogP) is 2.66. The lowest BCUT2D eigenvalue weighted by Gasteiger charge is -2.15. The first-order valence-corrected chi connectivity index (χ1v) is 7.84. The molecule has 1 aromatic rings. The van der Waals surface area contributed by atoms with E-state index in [1.165, 1.54) is 0 Å². The number of nitrogens with one attached hydrogen (secondary N) is 2. The van der Waals surface area contributed by atoms with Gasteiger partial charge in [0.05, 0.1) is 0 Å². The highest BCUT2D eigenvalue weighted by molar-refractivity contribution is 5.96. The number of anilines is 2. The van der Waals surface area contributed by atoms with Crippen LogP contribution >= 0.6 is 0 Å². The Morgan fingerprint density at radius 3 is 2.55 bits per heavy atom. The molecule has 5 nitrogen and oxygen atoms in total. The van der Waals surface area contributed by atoms with Gasteiger partial charge in [0.15, 0.2) is 0 Å². The van der Waals surface area contributed by atoms with Crippen LogP contribution in [0.25, 0.3) is 0 Å². The molecule has 120 valence electrons. The van der Waals surface area contributed by atoms with Crippen molar-refractivity contribution in [3.05, 3.63) is 23.8 Å². The third-order valence-corrected chi connectivity index (χ3v) is 4.13. The summed E-state index contributed by atoms with van der Waals surface area (Å²) >= 11 is 0. The topological polar surface area (TPSA) is 84.2 Å². The SMILES string of the molecule is Cc1ccc(NC(=O)C(C)C)cc1NC(=O)C1CCC(N)C1. The van der Waals surface area contributed by atoms with Crippen LogP contribution in [0.3, 0.4) is 0 Å². The lowest BCUT2D eigenvalue weighted by Crippen LogP contribution is -2.23. The van der Waals surface area contributed by atoms with Crippen molar-refractivity contribution in [1.82, 2.24) is 0 Å². The summed E-state index contributed by atoms with van der Waals surface area (Å²) in [6, 6.07) is 5.68. The molecule has 5 heteroatoms. The van der Waals surface area contributed by atoms with E-state index >= 15 is 0 Å². The van der Waals surface area contributed by atoms with E-state index in [0.29, 0.717) is 5.69 Å². The first-order chi connectivity index (χ1) is 10.4. The van der Waals surface area contributed by atoms with E-state index in [9.17, 15) is 9.59 Å². The van der Waals surface area contributed by atoms with Gasteiger partial charge in [-0.05, 0) is 43.9 Å². The fraction of sp³-hybridized carbons (Fsp3) is 0.529. The molecule has 4 N–H and O–H groups in total. The molecule has 1 saturated carbocycles. The quantitative estimate of drug-likeness (QED) is 0.799. The molecule has 0 heterocycles. The maximum atomic E-state index is 12.3. The second kappa shape index (κ2) is 6.92. The van der Waals surface area contributed by atoms with Gasteiger partial charge in [0.1, 0.15) is 0 Å². The number of hydrogen-bond acceptors (Lipinski definition) is 3. The van der Waals surface area contributed by atoms with Crippen molar-refractivity contribution in [2.24, 2.45) is 17.6 Å². The van der Waals surface area contributed by atoms with Gasteiger partial charge in [-0.3, -0.25) is 9.59 Å². The number of benzene rings is 1. The second-order valence-electron chi connectivity index (χ2n) is 6.43. The lowest BCUT2D eigenvalue weighted by molar-refractivity contribution is -0.120. The molecule has 1 aromatic carbocycles. The average molecular weight is 303 g/mol. The molecule has 2 rings (SSSR count). The molecule has 2 amide bonds. The van der Waals surface area contributed by atoms with E-state index in [1.807, 2.05) is 39.0 Å². The number of carbonyl (C=O) groups excluding carboxylic acids is 2. The van der Waals surface area contributed by atoms with Gasteiger partial charge >= 0.3 is 0 Å². The molecular weight excluding hydrogens is 278 g/mol. The van der Waals surface area contributed by atoms with E-state index < -0.39 is 0 Å². The monoisotopic (exact) mass is 303 g/mol. The standard InChI is InChI=1S/C17H25N3O2/c1-10(2)16(21)19-14-7-4-11(3)15(9-14)20-17(22)12-5-6-13(18)8-12/h4,7,9-10,12-13H,5-6,8,18H2,1-3H3,(H,19,21)(H,20,22). The number of carbonyl (C=O) groups is 2. The molecule has 0 aromatic heterocycles. The van der Waals surface area contributed by atoms with Crippen molar-refractivity contribution in [2.45, 2.75) is 46.1 Å². The Bertz CT molecular complexity index is 569. The van der Waals surface area contributed by atoms with Crippen LogP contribution in [0.1, 0.15) is 38.7 Å². The molecule has 2 unspecified atom stereocenters. The van der Waals surface area contributed by atoms with Gasteiger partial charge in [0, 0.05) is 29.3 Å². The maximum absolute atomic E-state index is 12.3. The van der Waals surface area contributed by atoms with Crippen molar-refractivity contribution in [2.75, 3.05) is 10.6 Å². The lowest BCUT2D eigenvalue weighted by atomic mass is 10.1. The van der Waals surface area contributed by atoms with Gasteiger partial charge in [-0.1, -0.05) is 19.9 Å². The van der Waals surface area contributed by atoms with Crippen LogP contribution in [0.2, 0.25) is 0 Å². The van der Waals surface area contributed by atoms with Crippen molar-refractivity contribution in [1.29, 1.82) is 0 Å². The molecule has 22 heavy (non-hydrogen) atoms. The summed E-state index contributed by atoms with van der Waals surface area (Å²) in [5.41, 5.74) is 8.28. The highest BCUT2D eigenvalue weighted by Crippen LogP contribution is 2.27. The van der Waals surface area contributed by atoms with Crippen molar-refractivity contribution >= 4 is 23.2 Å². The molecule has 1 aliphatic carbocycles. The molecular formula is C17H25N3O2. The van der Waals surface area contributed by atoms with Crippen molar-refractivity contribution < 1.29 is 9.59 Å². The zero-order valence-electron chi connectivity index (χ0n) is 13.5. The van der Waals surface area contributed by atoms with Crippen LogP contribution in [0.4, 0.5) is 11.4 Å². The Balaban J connectivity index is 2.06. The highest BCUT2D eigenvalue weighted by Gasteiger charge is 2.28. The normalized spacial score (nSPS) is 21.0. The van der Waals surface area contributed by atoms with Crippen molar-refractivity contribution in [3.63, 3.8) is 0 Å². The molecule has 0 spiro atoms. The molecule has 0 aliphatic heterocycles. The first kappa shape index (κ1) is 16.5. The van der Waals surface area contributed by atoms with E-state index in [1.54, 1.807) is 0 Å². The summed E-state index contributed by atoms with van der Waals surface area (Å²) in [6.07, 6.45) is 2.49. The number of nitrogens with two attached hydrogens (primary N) is 1. The summed E-state index contributed by atoms with van der Waals surface area (Å²) in [4.78, 5) is 24.1. The highest BCUT2D eigenvalue weighted by atomic mass is 16.2. The fourth-order valence-electron chi connectivity index (χ4n) is 2.61. The molecule has 2 atom stereocenters. The third kappa shape index (κ3) is 4.07. The Kier molecular flexibility index (Phi) is 5.19. The van der Waals surface area contributed by atoms with Crippen LogP contribution in [0.15, 0.2) is 18.2 Å². The van der Waals surface area contributed by atoms with Crippen LogP contribution in [0, 0.1) is 18.8 Å². The second-order valence-corrected chi connectivity index (χ2v) is 6.43. The summed E-state index contributed by atoms with van der Waals surface area (Å²) in [7, 11) is 0. The van der Waals surface area contributed by atoms with Gasteiger partial charge in [-0.15, -0.1) is 0 Å². The van der Waals surface area contributed by atoms with Crippen LogP contribution < -0.4 is 16.4 Å². The third-order valence-electron chi connectivity index (χ3n) is 4.13. The molecule has 0 bridgehead atoms. The number of aryl methyl sites for hydroxylation is 1. The van der Waals surface area contributed by atoms with Crippen LogP contribution in [-0.2, 0) is 9.59 Å². The Morgan fingerprint density at radius 1 is 1.23 bits per heavy atom. The zero-order valence-corrected chi connectivity index (χ0v) is 13.5. The number of rotatable bonds is 4. The number of hydrogen-bond donors (Lipinski definition) is 3. The summed E-state index contributed by atoms with van der Waals surface area (Å²) in [5, 5.41) is 5.82. The minimum absolute atomic E-state index is 0.0108. The fourth-order valence-corrected chi connectivity index (χ4v) is 2.61. The largest absolute Gasteiger partial charge is 0.328 e. The summed E-state index contributed by atoms with van der Waals surface area (Å²) in [5.74, 6) is -0.117. The molecule has 1 fully saturated rings. The molecule has 0 radical (unpaired) electrons. The van der Waals surface area contributed by atoms with Crippen LogP contribution in [0.5, 0.6) is 0 Å². The van der Waals surface area contributed by atoms with E-state index in [2.05, 4.69) is 10.6 Å². The Labute approximate surface area is 131 Å². The average Bonchev–Trinajstić information content (AvgIpc) is 2.89. The summed E-state index contributed by atoms with van der Waals surface area (Å²) in [6.45, 7) is 5.62. The minimum atomic E-state index is -0.0840. The van der Waals surface area contributed by atoms with E-state index in [-0.39, 0.29) is 29.7 Å². The van der Waals surface area contributed by atoms with Gasteiger partial charge in [0.25, 0.3) is 0 Å². The Hall–Kier alpha value is -1.88. The van der Waals surface area contributed by atoms with Crippen LogP contribution in [-0.4, -0.2) is 17.9 Å². The van der Waals surface area contributed by atoms with Crippen molar-refractivity contribution in [3.8, 4) is 0 Å². The number of amides is 2. The van der Waals surface area contributed by atoms with E-state index in [4.69, 9.17) is 5.73 Å². The van der Waals surface area contributed by atoms with E-state index in [0.717, 1.165) is 30.5 Å². The first-order valence-electron chi connectivity index (χ1n) is 7.84. The van der Waals surface area contributed by atoms with Gasteiger partial charge in [-0.25, -0.2) is 0 Å². The predicted molar refractivity (Wildman–Crippen MR) is 88.6 cm³/mol. The minimum Gasteiger partial charge on any atom is -0.328 e. The zero-order chi connectivity index (χ0) is 16.3. The van der Waals surface area contributed by atoms with Gasteiger partial charge in [-0.2, -0.15) is 0 Å². The maximum Gasteiger partial charge on any atom is 0.227 e. The molecule has 1 aliphatic rings. The Morgan fingerprint density at radius 2 is 1.95 bits per heavy atom. The van der Waals surface area contributed by atoms with Gasteiger partial charge in [0.2, 0.25) is 11.8 Å². The smallest absolute Gasteiger partial charge is 0.227 e. The summed E-state index contributed by atoms with van der Waals surface area (Å²) < 4.78 is 0.